The minimum atomic E-state index is -1.32. The molecular weight excluding hydrogens is 408 g/mol. The number of aryl methyl sites for hydroxylation is 1. The van der Waals surface area contributed by atoms with E-state index in [0.29, 0.717) is 24.5 Å². The smallest absolute Gasteiger partial charge is 0.125 e. The van der Waals surface area contributed by atoms with Crippen LogP contribution < -0.4 is 5.32 Å². The highest BCUT2D eigenvalue weighted by Gasteiger charge is 2.30. The highest BCUT2D eigenvalue weighted by molar-refractivity contribution is 5.40. The molecule has 3 N–H and O–H groups in total. The number of H-pyrrole nitrogens is 1. The van der Waals surface area contributed by atoms with Gasteiger partial charge in [-0.3, -0.25) is 5.10 Å². The van der Waals surface area contributed by atoms with Gasteiger partial charge in [-0.15, -0.1) is 0 Å². The van der Waals surface area contributed by atoms with Crippen LogP contribution in [0.3, 0.4) is 0 Å². The van der Waals surface area contributed by atoms with E-state index in [1.807, 2.05) is 13.0 Å². The second kappa shape index (κ2) is 10.3. The van der Waals surface area contributed by atoms with E-state index in [1.54, 1.807) is 0 Å². The van der Waals surface area contributed by atoms with Gasteiger partial charge < -0.3 is 10.4 Å². The summed E-state index contributed by atoms with van der Waals surface area (Å²) in [6, 6.07) is 2.15. The molecule has 4 nitrogen and oxygen atoms in total. The molecule has 5 atom stereocenters. The molecule has 32 heavy (non-hydrogen) atoms. The topological polar surface area (TPSA) is 60.9 Å². The molecule has 0 bridgehead atoms. The van der Waals surface area contributed by atoms with Crippen molar-refractivity contribution in [3.05, 3.63) is 64.3 Å². The maximum absolute atomic E-state index is 13.9. The van der Waals surface area contributed by atoms with Gasteiger partial charge in [0.15, 0.2) is 0 Å². The number of aliphatic hydroxyl groups is 1. The molecule has 1 saturated carbocycles. The van der Waals surface area contributed by atoms with Crippen LogP contribution in [0.4, 0.5) is 8.78 Å². The summed E-state index contributed by atoms with van der Waals surface area (Å²) in [5, 5.41) is 22.1. The predicted octanol–water partition coefficient (Wildman–Crippen LogP) is 5.50. The van der Waals surface area contributed by atoms with Crippen molar-refractivity contribution >= 4 is 0 Å². The lowest BCUT2D eigenvalue weighted by Crippen LogP contribution is -2.41. The summed E-state index contributed by atoms with van der Waals surface area (Å²) in [5.74, 6) is -0.283. The normalized spacial score (nSPS) is 27.6. The van der Waals surface area contributed by atoms with Gasteiger partial charge in [0, 0.05) is 30.6 Å². The second-order valence-electron chi connectivity index (χ2n) is 9.54. The maximum Gasteiger partial charge on any atom is 0.125 e. The second-order valence-corrected chi connectivity index (χ2v) is 9.54. The van der Waals surface area contributed by atoms with E-state index in [2.05, 4.69) is 34.6 Å². The Labute approximate surface area is 189 Å². The molecule has 1 heterocycles. The molecule has 0 aliphatic heterocycles. The van der Waals surface area contributed by atoms with Crippen LogP contribution in [0, 0.1) is 12.8 Å². The number of rotatable bonds is 8. The number of hydrogen-bond donors (Lipinski definition) is 3. The molecule has 4 rings (SSSR count). The van der Waals surface area contributed by atoms with Crippen LogP contribution in [0.1, 0.15) is 69.2 Å². The average molecular weight is 444 g/mol. The Morgan fingerprint density at radius 2 is 2.19 bits per heavy atom. The zero-order valence-corrected chi connectivity index (χ0v) is 19.1. The average Bonchev–Trinajstić information content (AvgIpc) is 3.20. The third-order valence-corrected chi connectivity index (χ3v) is 7.06. The standard InChI is InChI=1S/C26H35F2N3O/c1-3-17-7-8-19-5-4-6-24(22(19)12-17)29-15-26(32)23(25-9-16(2)30-31-25)13-18-10-20(27)14-21(28)11-18/h8-10,12,14,17,21,23-24,26,29,32H,3-7,11,13,15H2,1-2H3,(H,30,31). The minimum absolute atomic E-state index is 0.162. The molecule has 0 radical (unpaired) electrons. The van der Waals surface area contributed by atoms with E-state index in [4.69, 9.17) is 0 Å². The molecule has 1 aromatic heterocycles. The van der Waals surface area contributed by atoms with Gasteiger partial charge in [-0.2, -0.15) is 5.10 Å². The third kappa shape index (κ3) is 5.46. The van der Waals surface area contributed by atoms with Crippen molar-refractivity contribution in [2.24, 2.45) is 5.92 Å². The summed E-state index contributed by atoms with van der Waals surface area (Å²) in [6.45, 7) is 4.55. The molecule has 0 aromatic carbocycles. The van der Waals surface area contributed by atoms with Crippen molar-refractivity contribution in [2.45, 2.75) is 83.0 Å². The third-order valence-electron chi connectivity index (χ3n) is 7.06. The van der Waals surface area contributed by atoms with Crippen LogP contribution in [0.25, 0.3) is 0 Å². The molecule has 0 spiro atoms. The van der Waals surface area contributed by atoms with Crippen LogP contribution in [0.2, 0.25) is 0 Å². The molecule has 3 aliphatic carbocycles. The van der Waals surface area contributed by atoms with E-state index in [9.17, 15) is 13.9 Å². The summed E-state index contributed by atoms with van der Waals surface area (Å²) in [6.07, 6.45) is 11.3. The van der Waals surface area contributed by atoms with Crippen LogP contribution in [-0.2, 0) is 0 Å². The van der Waals surface area contributed by atoms with Crippen LogP contribution in [0.15, 0.2) is 52.9 Å². The van der Waals surface area contributed by atoms with Gasteiger partial charge in [-0.1, -0.05) is 24.6 Å². The fourth-order valence-electron chi connectivity index (χ4n) is 5.26. The number of fused-ring (bicyclic) bond motifs is 1. The zero-order valence-electron chi connectivity index (χ0n) is 19.1. The molecule has 1 aromatic rings. The lowest BCUT2D eigenvalue weighted by Gasteiger charge is -2.34. The van der Waals surface area contributed by atoms with Gasteiger partial charge in [0.1, 0.15) is 12.0 Å². The lowest BCUT2D eigenvalue weighted by molar-refractivity contribution is 0.134. The first-order chi connectivity index (χ1) is 15.4. The summed E-state index contributed by atoms with van der Waals surface area (Å²) in [7, 11) is 0. The van der Waals surface area contributed by atoms with E-state index >= 15 is 0 Å². The van der Waals surface area contributed by atoms with Gasteiger partial charge in [0.25, 0.3) is 0 Å². The molecular formula is C26H35F2N3O. The molecule has 5 unspecified atom stereocenters. The van der Waals surface area contributed by atoms with Crippen LogP contribution in [-0.4, -0.2) is 40.2 Å². The van der Waals surface area contributed by atoms with E-state index < -0.39 is 18.1 Å². The number of hydrogen-bond acceptors (Lipinski definition) is 3. The van der Waals surface area contributed by atoms with Crippen molar-refractivity contribution in [1.82, 2.24) is 15.5 Å². The van der Waals surface area contributed by atoms with E-state index in [-0.39, 0.29) is 18.4 Å². The highest BCUT2D eigenvalue weighted by atomic mass is 19.1. The Hall–Kier alpha value is -2.05. The van der Waals surface area contributed by atoms with Gasteiger partial charge >= 0.3 is 0 Å². The monoisotopic (exact) mass is 443 g/mol. The van der Waals surface area contributed by atoms with Crippen molar-refractivity contribution < 1.29 is 13.9 Å². The summed E-state index contributed by atoms with van der Waals surface area (Å²) >= 11 is 0. The molecule has 1 fully saturated rings. The number of nitrogens with one attached hydrogen (secondary N) is 2. The molecule has 3 aliphatic rings. The first-order valence-corrected chi connectivity index (χ1v) is 12.0. The number of allylic oxidation sites excluding steroid dienone is 6. The number of aromatic nitrogens is 2. The number of aromatic amines is 1. The maximum atomic E-state index is 13.9. The number of halogens is 2. The highest BCUT2D eigenvalue weighted by Crippen LogP contribution is 2.36. The van der Waals surface area contributed by atoms with Gasteiger partial charge in [-0.25, -0.2) is 8.78 Å². The Kier molecular flexibility index (Phi) is 7.41. The predicted molar refractivity (Wildman–Crippen MR) is 124 cm³/mol. The largest absolute Gasteiger partial charge is 0.391 e. The quantitative estimate of drug-likeness (QED) is 0.497. The summed E-state index contributed by atoms with van der Waals surface area (Å²) in [4.78, 5) is 0. The first-order valence-electron chi connectivity index (χ1n) is 12.0. The van der Waals surface area contributed by atoms with Crippen LogP contribution >= 0.6 is 0 Å². The van der Waals surface area contributed by atoms with E-state index in [1.165, 1.54) is 17.2 Å². The molecule has 0 saturated heterocycles. The lowest BCUT2D eigenvalue weighted by atomic mass is 9.78. The summed E-state index contributed by atoms with van der Waals surface area (Å²) in [5.41, 5.74) is 5.16. The number of aliphatic hydroxyl groups excluding tert-OH is 1. The van der Waals surface area contributed by atoms with Gasteiger partial charge in [0.2, 0.25) is 0 Å². The Morgan fingerprint density at radius 3 is 2.91 bits per heavy atom. The van der Waals surface area contributed by atoms with Crippen molar-refractivity contribution in [1.29, 1.82) is 0 Å². The Morgan fingerprint density at radius 1 is 1.34 bits per heavy atom. The number of alkyl halides is 1. The summed E-state index contributed by atoms with van der Waals surface area (Å²) < 4.78 is 27.7. The SMILES string of the molecule is CCC1C=C2C(=CC1)CCCC2NCC(O)C(CC1=CC(F)=CC(F)C1)c1cc(C)[nH]n1. The van der Waals surface area contributed by atoms with Crippen molar-refractivity contribution in [3.8, 4) is 0 Å². The fraction of sp³-hybridized carbons (Fsp3) is 0.577. The molecule has 174 valence electrons. The van der Waals surface area contributed by atoms with Crippen LogP contribution in [0.5, 0.6) is 0 Å². The Bertz CT molecular complexity index is 929. The van der Waals surface area contributed by atoms with Gasteiger partial charge in [-0.05, 0) is 80.7 Å². The number of nitrogens with zero attached hydrogens (tertiary/aromatic N) is 1. The van der Waals surface area contributed by atoms with E-state index in [0.717, 1.165) is 49.6 Å². The molecule has 6 heteroatoms. The minimum Gasteiger partial charge on any atom is -0.391 e. The Balaban J connectivity index is 1.47. The first kappa shape index (κ1) is 23.1. The van der Waals surface area contributed by atoms with Gasteiger partial charge in [0.05, 0.1) is 11.8 Å². The zero-order chi connectivity index (χ0) is 22.7. The fourth-order valence-corrected chi connectivity index (χ4v) is 5.26. The molecule has 0 amide bonds. The van der Waals surface area contributed by atoms with Crippen molar-refractivity contribution in [3.63, 3.8) is 0 Å². The van der Waals surface area contributed by atoms with Crippen molar-refractivity contribution in [2.75, 3.05) is 6.54 Å².